The molecule has 2 heterocycles. The molecule has 0 spiro atoms. The lowest BCUT2D eigenvalue weighted by molar-refractivity contribution is 0.411. The number of rotatable bonds is 8. The van der Waals surface area contributed by atoms with Gasteiger partial charge in [-0.25, -0.2) is 4.98 Å². The van der Waals surface area contributed by atoms with Crippen LogP contribution >= 0.6 is 35.3 Å². The van der Waals surface area contributed by atoms with Crippen LogP contribution in [0.1, 0.15) is 12.5 Å². The molecule has 164 valence electrons. The van der Waals surface area contributed by atoms with Gasteiger partial charge in [0.2, 0.25) is 0 Å². The van der Waals surface area contributed by atoms with Gasteiger partial charge in [-0.3, -0.25) is 9.36 Å². The lowest BCUT2D eigenvalue weighted by Crippen LogP contribution is -2.22. The second-order valence-corrected chi connectivity index (χ2v) is 9.95. The standard InChI is InChI=1S/C24H23N3O2S3/c1-16(2)15-31-23-25-21-20(22(28)27(23)18-11-7-8-12-19(18)29-3)32-24(30)26(21)14-13-17-9-5-4-6-10-17/h4-12H,1,13-15H2,2-3H3. The summed E-state index contributed by atoms with van der Waals surface area (Å²) in [5.41, 5.74) is 3.37. The van der Waals surface area contributed by atoms with Crippen molar-refractivity contribution in [2.24, 2.45) is 0 Å². The lowest BCUT2D eigenvalue weighted by atomic mass is 10.1. The highest BCUT2D eigenvalue weighted by molar-refractivity contribution is 7.99. The summed E-state index contributed by atoms with van der Waals surface area (Å²) in [6.07, 6.45) is 0.812. The van der Waals surface area contributed by atoms with Gasteiger partial charge < -0.3 is 9.30 Å². The van der Waals surface area contributed by atoms with Gasteiger partial charge in [0, 0.05) is 12.3 Å². The summed E-state index contributed by atoms with van der Waals surface area (Å²) in [4.78, 5) is 18.6. The SMILES string of the molecule is C=C(C)CSc1nc2c(sc(=S)n2CCc2ccccc2)c(=O)n1-c1ccccc1OC. The predicted octanol–water partition coefficient (Wildman–Crippen LogP) is 5.90. The molecule has 0 bridgehead atoms. The molecular weight excluding hydrogens is 458 g/mol. The number of ether oxygens (including phenoxy) is 1. The first-order chi connectivity index (χ1) is 15.5. The monoisotopic (exact) mass is 481 g/mol. The van der Waals surface area contributed by atoms with Crippen LogP contribution in [0.25, 0.3) is 16.0 Å². The third-order valence-corrected chi connectivity index (χ3v) is 7.50. The minimum Gasteiger partial charge on any atom is -0.495 e. The van der Waals surface area contributed by atoms with Crippen molar-refractivity contribution >= 4 is 45.7 Å². The maximum Gasteiger partial charge on any atom is 0.278 e. The van der Waals surface area contributed by atoms with E-state index in [1.54, 1.807) is 11.7 Å². The van der Waals surface area contributed by atoms with Crippen molar-refractivity contribution < 1.29 is 4.74 Å². The molecule has 0 unspecified atom stereocenters. The second kappa shape index (κ2) is 9.85. The highest BCUT2D eigenvalue weighted by Gasteiger charge is 2.20. The molecule has 0 aliphatic rings. The highest BCUT2D eigenvalue weighted by atomic mass is 32.2. The molecule has 0 atom stereocenters. The fourth-order valence-corrected chi connectivity index (χ4v) is 5.52. The molecule has 0 saturated carbocycles. The zero-order chi connectivity index (χ0) is 22.7. The first-order valence-electron chi connectivity index (χ1n) is 10.1. The molecule has 4 aromatic rings. The Morgan fingerprint density at radius 1 is 1.19 bits per heavy atom. The van der Waals surface area contributed by atoms with Crippen LogP contribution in [0, 0.1) is 3.95 Å². The molecule has 0 aliphatic heterocycles. The van der Waals surface area contributed by atoms with E-state index in [2.05, 4.69) is 18.7 Å². The number of methoxy groups -OCH3 is 1. The van der Waals surface area contributed by atoms with Gasteiger partial charge in [-0.2, -0.15) is 0 Å². The Labute approximate surface area is 200 Å². The predicted molar refractivity (Wildman–Crippen MR) is 136 cm³/mol. The number of aryl methyl sites for hydroxylation is 2. The van der Waals surface area contributed by atoms with Gasteiger partial charge in [-0.1, -0.05) is 77.7 Å². The van der Waals surface area contributed by atoms with Crippen LogP contribution in [0.5, 0.6) is 5.75 Å². The summed E-state index contributed by atoms with van der Waals surface area (Å²) in [5.74, 6) is 1.27. The molecule has 0 radical (unpaired) electrons. The molecule has 0 saturated heterocycles. The summed E-state index contributed by atoms with van der Waals surface area (Å²) >= 11 is 8.43. The summed E-state index contributed by atoms with van der Waals surface area (Å²) in [6.45, 7) is 6.62. The van der Waals surface area contributed by atoms with Crippen molar-refractivity contribution in [2.75, 3.05) is 12.9 Å². The van der Waals surface area contributed by atoms with Crippen LogP contribution in [-0.4, -0.2) is 27.0 Å². The Kier molecular flexibility index (Phi) is 6.93. The molecular formula is C24H23N3O2S3. The Morgan fingerprint density at radius 3 is 2.62 bits per heavy atom. The molecule has 0 amide bonds. The number of aromatic nitrogens is 3. The van der Waals surface area contributed by atoms with Gasteiger partial charge in [-0.15, -0.1) is 0 Å². The van der Waals surface area contributed by atoms with Crippen LogP contribution in [0.4, 0.5) is 0 Å². The molecule has 0 aliphatic carbocycles. The summed E-state index contributed by atoms with van der Waals surface area (Å²) in [7, 11) is 1.60. The molecule has 8 heteroatoms. The fraction of sp³-hybridized carbons (Fsp3) is 0.208. The molecule has 2 aromatic heterocycles. The molecule has 5 nitrogen and oxygen atoms in total. The van der Waals surface area contributed by atoms with E-state index >= 15 is 0 Å². The number of hydrogen-bond donors (Lipinski definition) is 0. The Balaban J connectivity index is 1.88. The van der Waals surface area contributed by atoms with Crippen molar-refractivity contribution in [3.8, 4) is 11.4 Å². The van der Waals surface area contributed by atoms with Crippen LogP contribution in [0.3, 0.4) is 0 Å². The summed E-state index contributed by atoms with van der Waals surface area (Å²) < 4.78 is 10.3. The molecule has 32 heavy (non-hydrogen) atoms. The Hall–Kier alpha value is -2.68. The van der Waals surface area contributed by atoms with E-state index in [-0.39, 0.29) is 5.56 Å². The van der Waals surface area contributed by atoms with E-state index in [0.717, 1.165) is 12.0 Å². The number of benzene rings is 2. The third-order valence-electron chi connectivity index (χ3n) is 4.90. The maximum absolute atomic E-state index is 13.7. The average molecular weight is 482 g/mol. The number of para-hydroxylation sites is 2. The number of hydrogen-bond acceptors (Lipinski definition) is 6. The quantitative estimate of drug-likeness (QED) is 0.136. The molecule has 0 N–H and O–H groups in total. The van der Waals surface area contributed by atoms with Crippen molar-refractivity contribution in [3.63, 3.8) is 0 Å². The van der Waals surface area contributed by atoms with Crippen molar-refractivity contribution in [1.82, 2.24) is 14.1 Å². The van der Waals surface area contributed by atoms with Crippen molar-refractivity contribution in [3.05, 3.63) is 86.6 Å². The first-order valence-corrected chi connectivity index (χ1v) is 12.3. The summed E-state index contributed by atoms with van der Waals surface area (Å²) in [6, 6.07) is 17.7. The zero-order valence-electron chi connectivity index (χ0n) is 17.9. The minimum absolute atomic E-state index is 0.140. The molecule has 2 aromatic carbocycles. The van der Waals surface area contributed by atoms with Gasteiger partial charge in [0.05, 0.1) is 12.8 Å². The third kappa shape index (κ3) is 4.57. The van der Waals surface area contributed by atoms with Crippen LogP contribution in [0.15, 0.2) is 76.7 Å². The van der Waals surface area contributed by atoms with E-state index in [4.69, 9.17) is 21.9 Å². The topological polar surface area (TPSA) is 49.0 Å². The van der Waals surface area contributed by atoms with Crippen molar-refractivity contribution in [2.45, 2.75) is 25.0 Å². The summed E-state index contributed by atoms with van der Waals surface area (Å²) in [5, 5.41) is 0.594. The van der Waals surface area contributed by atoms with E-state index in [9.17, 15) is 4.79 Å². The lowest BCUT2D eigenvalue weighted by Gasteiger charge is -2.15. The van der Waals surface area contributed by atoms with E-state index in [1.165, 1.54) is 28.7 Å². The van der Waals surface area contributed by atoms with Crippen LogP contribution in [-0.2, 0) is 13.0 Å². The smallest absolute Gasteiger partial charge is 0.278 e. The number of thioether (sulfide) groups is 1. The molecule has 0 fully saturated rings. The second-order valence-electron chi connectivity index (χ2n) is 7.36. The van der Waals surface area contributed by atoms with E-state index in [0.29, 0.717) is 43.2 Å². The minimum atomic E-state index is -0.140. The first kappa shape index (κ1) is 22.5. The van der Waals surface area contributed by atoms with Crippen LogP contribution < -0.4 is 10.3 Å². The molecule has 4 rings (SSSR count). The highest BCUT2D eigenvalue weighted by Crippen LogP contribution is 2.29. The van der Waals surface area contributed by atoms with Gasteiger partial charge in [0.25, 0.3) is 5.56 Å². The van der Waals surface area contributed by atoms with Gasteiger partial charge >= 0.3 is 0 Å². The van der Waals surface area contributed by atoms with Gasteiger partial charge in [0.1, 0.15) is 10.4 Å². The Bertz CT molecular complexity index is 1390. The fourth-order valence-electron chi connectivity index (χ4n) is 3.37. The van der Waals surface area contributed by atoms with Crippen molar-refractivity contribution in [1.29, 1.82) is 0 Å². The Morgan fingerprint density at radius 2 is 1.91 bits per heavy atom. The zero-order valence-corrected chi connectivity index (χ0v) is 20.4. The van der Waals surface area contributed by atoms with Gasteiger partial charge in [-0.05, 0) is 43.3 Å². The number of fused-ring (bicyclic) bond motifs is 1. The van der Waals surface area contributed by atoms with E-state index in [1.807, 2.05) is 54.0 Å². The number of nitrogens with zero attached hydrogens (tertiary/aromatic N) is 3. The average Bonchev–Trinajstić information content (AvgIpc) is 3.12. The number of thiazole rings is 1. The van der Waals surface area contributed by atoms with Crippen LogP contribution in [0.2, 0.25) is 0 Å². The van der Waals surface area contributed by atoms with Gasteiger partial charge in [0.15, 0.2) is 14.8 Å². The normalized spacial score (nSPS) is 11.1. The maximum atomic E-state index is 13.7. The van der Waals surface area contributed by atoms with E-state index < -0.39 is 0 Å². The largest absolute Gasteiger partial charge is 0.495 e.